The molecule has 8 nitrogen and oxygen atoms in total. The highest BCUT2D eigenvalue weighted by molar-refractivity contribution is 5.83. The normalized spacial score (nSPS) is 19.9. The Bertz CT molecular complexity index is 994. The predicted molar refractivity (Wildman–Crippen MR) is 121 cm³/mol. The first kappa shape index (κ1) is 22.8. The van der Waals surface area contributed by atoms with E-state index < -0.39 is 30.6 Å². The van der Waals surface area contributed by atoms with Gasteiger partial charge < -0.3 is 25.6 Å². The average molecular weight is 453 g/mol. The summed E-state index contributed by atoms with van der Waals surface area (Å²) < 4.78 is 5.59. The number of carboxylic acids is 1. The fourth-order valence-electron chi connectivity index (χ4n) is 4.90. The Kier molecular flexibility index (Phi) is 6.93. The third kappa shape index (κ3) is 5.17. The van der Waals surface area contributed by atoms with Gasteiger partial charge in [-0.3, -0.25) is 4.79 Å². The maximum Gasteiger partial charge on any atom is 0.407 e. The van der Waals surface area contributed by atoms with E-state index in [0.717, 1.165) is 24.0 Å². The van der Waals surface area contributed by atoms with Crippen LogP contribution in [0.4, 0.5) is 4.79 Å². The van der Waals surface area contributed by atoms with Crippen LogP contribution in [0, 0.1) is 5.92 Å². The van der Waals surface area contributed by atoms with E-state index in [1.54, 1.807) is 0 Å². The van der Waals surface area contributed by atoms with Crippen molar-refractivity contribution >= 4 is 18.0 Å². The van der Waals surface area contributed by atoms with E-state index in [1.165, 1.54) is 11.1 Å². The van der Waals surface area contributed by atoms with Gasteiger partial charge in [-0.05, 0) is 47.4 Å². The van der Waals surface area contributed by atoms with Gasteiger partial charge in [0.1, 0.15) is 12.6 Å². The number of aliphatic hydroxyl groups is 1. The number of aliphatic carboxylic acids is 1. The van der Waals surface area contributed by atoms with Crippen molar-refractivity contribution in [3.8, 4) is 11.1 Å². The molecule has 0 spiro atoms. The molecule has 2 aromatic carbocycles. The van der Waals surface area contributed by atoms with Gasteiger partial charge in [0.15, 0.2) is 0 Å². The van der Waals surface area contributed by atoms with Crippen molar-refractivity contribution in [3.05, 3.63) is 59.7 Å². The number of fused-ring (bicyclic) bond motifs is 3. The lowest BCUT2D eigenvalue weighted by Crippen LogP contribution is -2.43. The Balaban J connectivity index is 1.26. The number of benzene rings is 2. The number of carbonyl (C=O) groups excluding carboxylic acids is 2. The zero-order valence-electron chi connectivity index (χ0n) is 18.2. The number of rotatable bonds is 8. The van der Waals surface area contributed by atoms with Gasteiger partial charge in [-0.25, -0.2) is 9.59 Å². The Morgan fingerprint density at radius 3 is 2.24 bits per heavy atom. The zero-order valence-corrected chi connectivity index (χ0v) is 18.2. The molecule has 33 heavy (non-hydrogen) atoms. The minimum atomic E-state index is -1.30. The van der Waals surface area contributed by atoms with Gasteiger partial charge in [0.2, 0.25) is 5.91 Å². The summed E-state index contributed by atoms with van der Waals surface area (Å²) in [6.07, 6.45) is 1.78. The van der Waals surface area contributed by atoms with Crippen LogP contribution in [0.15, 0.2) is 48.5 Å². The zero-order chi connectivity index (χ0) is 23.4. The van der Waals surface area contributed by atoms with Crippen LogP contribution in [-0.4, -0.2) is 53.5 Å². The highest BCUT2D eigenvalue weighted by atomic mass is 16.5. The molecule has 2 amide bonds. The minimum Gasteiger partial charge on any atom is -0.480 e. The van der Waals surface area contributed by atoms with Gasteiger partial charge in [0.25, 0.3) is 0 Å². The maximum absolute atomic E-state index is 12.5. The second-order valence-corrected chi connectivity index (χ2v) is 8.69. The maximum atomic E-state index is 12.5. The smallest absolute Gasteiger partial charge is 0.407 e. The van der Waals surface area contributed by atoms with Crippen LogP contribution < -0.4 is 10.6 Å². The van der Waals surface area contributed by atoms with Gasteiger partial charge >= 0.3 is 12.1 Å². The summed E-state index contributed by atoms with van der Waals surface area (Å²) in [7, 11) is 0. The Labute approximate surface area is 192 Å². The topological polar surface area (TPSA) is 125 Å². The molecule has 2 aliphatic carbocycles. The molecule has 0 aromatic heterocycles. The number of hydrogen-bond acceptors (Lipinski definition) is 5. The predicted octanol–water partition coefficient (Wildman–Crippen LogP) is 2.65. The Hall–Kier alpha value is -3.39. The van der Waals surface area contributed by atoms with Crippen LogP contribution in [0.3, 0.4) is 0 Å². The van der Waals surface area contributed by atoms with Gasteiger partial charge in [-0.15, -0.1) is 0 Å². The van der Waals surface area contributed by atoms with E-state index in [4.69, 9.17) is 14.9 Å². The second kappa shape index (κ2) is 10.0. The highest BCUT2D eigenvalue weighted by Crippen LogP contribution is 2.44. The van der Waals surface area contributed by atoms with Crippen molar-refractivity contribution < 1.29 is 29.3 Å². The van der Waals surface area contributed by atoms with Crippen molar-refractivity contribution in [2.45, 2.75) is 43.7 Å². The van der Waals surface area contributed by atoms with Gasteiger partial charge in [0.05, 0.1) is 6.61 Å². The molecule has 8 heteroatoms. The summed E-state index contributed by atoms with van der Waals surface area (Å²) in [5.41, 5.74) is 4.65. The Morgan fingerprint density at radius 1 is 1.00 bits per heavy atom. The van der Waals surface area contributed by atoms with Crippen molar-refractivity contribution in [1.82, 2.24) is 10.6 Å². The van der Waals surface area contributed by atoms with Gasteiger partial charge in [-0.1, -0.05) is 48.5 Å². The van der Waals surface area contributed by atoms with Crippen LogP contribution in [0.5, 0.6) is 0 Å². The van der Waals surface area contributed by atoms with Crippen molar-refractivity contribution in [1.29, 1.82) is 0 Å². The largest absolute Gasteiger partial charge is 0.480 e. The number of alkyl carbamates (subject to hydrolysis) is 1. The van der Waals surface area contributed by atoms with E-state index >= 15 is 0 Å². The third-order valence-electron chi connectivity index (χ3n) is 6.50. The summed E-state index contributed by atoms with van der Waals surface area (Å²) in [5.74, 6) is -1.65. The van der Waals surface area contributed by atoms with Gasteiger partial charge in [-0.2, -0.15) is 0 Å². The molecule has 4 rings (SSSR count). The number of carbonyl (C=O) groups is 3. The average Bonchev–Trinajstić information content (AvgIpc) is 3.37. The molecule has 0 saturated heterocycles. The lowest BCUT2D eigenvalue weighted by Gasteiger charge is -2.17. The van der Waals surface area contributed by atoms with Crippen LogP contribution in [0.1, 0.15) is 42.7 Å². The minimum absolute atomic E-state index is 0.00289. The lowest BCUT2D eigenvalue weighted by molar-refractivity contribution is -0.143. The van der Waals surface area contributed by atoms with Crippen molar-refractivity contribution in [2.75, 3.05) is 13.2 Å². The SMILES string of the molecule is O=C(C[C@@H]1CC[C@H](NC(=O)OCC2c3ccccc3-c3ccccc32)C1)NC(CO)C(=O)O. The fraction of sp³-hybridized carbons (Fsp3) is 0.400. The summed E-state index contributed by atoms with van der Waals surface area (Å²) in [6.45, 7) is -0.409. The molecular formula is C25H28N2O6. The summed E-state index contributed by atoms with van der Waals surface area (Å²) in [5, 5.41) is 23.2. The summed E-state index contributed by atoms with van der Waals surface area (Å²) in [4.78, 5) is 35.5. The van der Waals surface area contributed by atoms with E-state index in [-0.39, 0.29) is 30.9 Å². The van der Waals surface area contributed by atoms with Crippen LogP contribution >= 0.6 is 0 Å². The molecule has 1 fully saturated rings. The molecule has 4 N–H and O–H groups in total. The fourth-order valence-corrected chi connectivity index (χ4v) is 4.90. The number of hydrogen-bond donors (Lipinski definition) is 4. The molecule has 3 atom stereocenters. The number of carboxylic acid groups (broad SMARTS) is 1. The van der Waals surface area contributed by atoms with E-state index in [0.29, 0.717) is 6.42 Å². The lowest BCUT2D eigenvalue weighted by atomic mass is 9.98. The molecule has 0 aliphatic heterocycles. The van der Waals surface area contributed by atoms with Crippen molar-refractivity contribution in [3.63, 3.8) is 0 Å². The highest BCUT2D eigenvalue weighted by Gasteiger charge is 2.31. The van der Waals surface area contributed by atoms with Crippen LogP contribution in [0.2, 0.25) is 0 Å². The van der Waals surface area contributed by atoms with Crippen LogP contribution in [0.25, 0.3) is 11.1 Å². The standard InChI is InChI=1S/C25H28N2O6/c28-13-22(24(30)31)27-23(29)12-15-9-10-16(11-15)26-25(32)33-14-21-19-7-3-1-5-17(19)18-6-2-4-8-20(18)21/h1-8,15-16,21-22,28H,9-14H2,(H,26,32)(H,27,29)(H,30,31)/t15-,16+,22?/m1/s1. The van der Waals surface area contributed by atoms with E-state index in [1.807, 2.05) is 24.3 Å². The third-order valence-corrected chi connectivity index (χ3v) is 6.50. The number of amides is 2. The monoisotopic (exact) mass is 452 g/mol. The Morgan fingerprint density at radius 2 is 1.64 bits per heavy atom. The summed E-state index contributed by atoms with van der Waals surface area (Å²) >= 11 is 0. The summed E-state index contributed by atoms with van der Waals surface area (Å²) in [6, 6.07) is 14.9. The molecule has 1 unspecified atom stereocenters. The quantitative estimate of drug-likeness (QED) is 0.488. The number of ether oxygens (including phenoxy) is 1. The van der Waals surface area contributed by atoms with Crippen LogP contribution in [-0.2, 0) is 14.3 Å². The van der Waals surface area contributed by atoms with E-state index in [2.05, 4.69) is 34.9 Å². The molecule has 1 saturated carbocycles. The first-order valence-electron chi connectivity index (χ1n) is 11.2. The molecule has 0 radical (unpaired) electrons. The second-order valence-electron chi connectivity index (χ2n) is 8.69. The first-order chi connectivity index (χ1) is 16.0. The molecular weight excluding hydrogens is 424 g/mol. The van der Waals surface area contributed by atoms with E-state index in [9.17, 15) is 14.4 Å². The molecule has 0 heterocycles. The van der Waals surface area contributed by atoms with Gasteiger partial charge in [0, 0.05) is 18.4 Å². The van der Waals surface area contributed by atoms with Crippen molar-refractivity contribution in [2.24, 2.45) is 5.92 Å². The number of aliphatic hydroxyl groups excluding tert-OH is 1. The molecule has 174 valence electrons. The first-order valence-corrected chi connectivity index (χ1v) is 11.2. The molecule has 2 aromatic rings. The molecule has 0 bridgehead atoms. The molecule has 2 aliphatic rings. The number of nitrogens with one attached hydrogen (secondary N) is 2.